The molecule has 7 nitrogen and oxygen atoms in total. The first-order valence-electron chi connectivity index (χ1n) is 10.4. The van der Waals surface area contributed by atoms with E-state index in [0.29, 0.717) is 17.0 Å². The summed E-state index contributed by atoms with van der Waals surface area (Å²) in [6, 6.07) is 15.4. The number of rotatable bonds is 7. The van der Waals surface area contributed by atoms with Crippen molar-refractivity contribution in [3.63, 3.8) is 0 Å². The van der Waals surface area contributed by atoms with Gasteiger partial charge in [-0.15, -0.1) is 0 Å². The molecule has 9 heteroatoms. The second-order valence-corrected chi connectivity index (χ2v) is 7.69. The number of urea groups is 1. The molecule has 1 saturated heterocycles. The molecule has 0 spiro atoms. The number of hydrogen-bond acceptors (Lipinski definition) is 4. The van der Waals surface area contributed by atoms with Crippen LogP contribution >= 0.6 is 0 Å². The second kappa shape index (κ2) is 9.70. The number of ether oxygens (including phenoxy) is 1. The number of anilines is 2. The Balaban J connectivity index is 1.59. The van der Waals surface area contributed by atoms with Gasteiger partial charge in [0.25, 0.3) is 5.91 Å². The summed E-state index contributed by atoms with van der Waals surface area (Å²) in [7, 11) is 1.52. The summed E-state index contributed by atoms with van der Waals surface area (Å²) < 4.78 is 32.2. The Morgan fingerprint density at radius 1 is 0.971 bits per heavy atom. The Morgan fingerprint density at radius 3 is 2.32 bits per heavy atom. The summed E-state index contributed by atoms with van der Waals surface area (Å²) in [6.45, 7) is -0.0828. The molecule has 0 radical (unpaired) electrons. The fourth-order valence-corrected chi connectivity index (χ4v) is 3.74. The van der Waals surface area contributed by atoms with Crippen molar-refractivity contribution in [1.29, 1.82) is 0 Å². The Kier molecular flexibility index (Phi) is 6.53. The van der Waals surface area contributed by atoms with Gasteiger partial charge in [0.1, 0.15) is 23.4 Å². The SMILES string of the molecule is COc1ccc(NC(=O)CC2C(=O)N(c3ccc(F)cc3)C(=O)N2Cc2cccc(F)c2)cc1. The Hall–Kier alpha value is -4.27. The quantitative estimate of drug-likeness (QED) is 0.527. The molecule has 1 heterocycles. The van der Waals surface area contributed by atoms with Crippen molar-refractivity contribution in [2.24, 2.45) is 0 Å². The minimum atomic E-state index is -1.13. The number of carbonyl (C=O) groups excluding carboxylic acids is 3. The Morgan fingerprint density at radius 2 is 1.68 bits per heavy atom. The molecule has 1 N–H and O–H groups in total. The molecule has 3 aromatic carbocycles. The predicted molar refractivity (Wildman–Crippen MR) is 121 cm³/mol. The van der Waals surface area contributed by atoms with Crippen molar-refractivity contribution >= 4 is 29.2 Å². The predicted octanol–water partition coefficient (Wildman–Crippen LogP) is 4.34. The molecule has 0 aromatic heterocycles. The molecule has 1 atom stereocenters. The highest BCUT2D eigenvalue weighted by atomic mass is 19.1. The smallest absolute Gasteiger partial charge is 0.332 e. The molecule has 0 saturated carbocycles. The van der Waals surface area contributed by atoms with E-state index in [9.17, 15) is 23.2 Å². The lowest BCUT2D eigenvalue weighted by atomic mass is 10.1. The topological polar surface area (TPSA) is 79.0 Å². The molecule has 174 valence electrons. The van der Waals surface area contributed by atoms with E-state index in [-0.39, 0.29) is 18.7 Å². The van der Waals surface area contributed by atoms with E-state index in [1.165, 1.54) is 42.3 Å². The fraction of sp³-hybridized carbons (Fsp3) is 0.160. The number of methoxy groups -OCH3 is 1. The van der Waals surface area contributed by atoms with Crippen molar-refractivity contribution < 1.29 is 27.9 Å². The third-order valence-electron chi connectivity index (χ3n) is 5.40. The van der Waals surface area contributed by atoms with E-state index in [2.05, 4.69) is 5.32 Å². The maximum absolute atomic E-state index is 13.7. The van der Waals surface area contributed by atoms with Crippen LogP contribution in [0.25, 0.3) is 0 Å². The number of nitrogens with zero attached hydrogens (tertiary/aromatic N) is 2. The summed E-state index contributed by atoms with van der Waals surface area (Å²) in [5.41, 5.74) is 1.14. The molecule has 1 unspecified atom stereocenters. The molecule has 1 fully saturated rings. The van der Waals surface area contributed by atoms with Gasteiger partial charge in [0.2, 0.25) is 5.91 Å². The normalized spacial score (nSPS) is 15.6. The van der Waals surface area contributed by atoms with Crippen molar-refractivity contribution in [3.05, 3.63) is 90.0 Å². The highest BCUT2D eigenvalue weighted by molar-refractivity contribution is 6.22. The number of amides is 4. The van der Waals surface area contributed by atoms with Crippen LogP contribution in [0.5, 0.6) is 5.75 Å². The molecule has 3 aromatic rings. The van der Waals surface area contributed by atoms with Gasteiger partial charge in [-0.3, -0.25) is 9.59 Å². The van der Waals surface area contributed by atoms with Crippen molar-refractivity contribution in [1.82, 2.24) is 4.90 Å². The van der Waals surface area contributed by atoms with Crippen LogP contribution in [-0.4, -0.2) is 35.9 Å². The van der Waals surface area contributed by atoms with Crippen molar-refractivity contribution in [3.8, 4) is 5.75 Å². The number of imide groups is 1. The molecule has 0 bridgehead atoms. The number of benzene rings is 3. The van der Waals surface area contributed by atoms with Crippen LogP contribution < -0.4 is 15.0 Å². The van der Waals surface area contributed by atoms with Crippen LogP contribution in [-0.2, 0) is 16.1 Å². The van der Waals surface area contributed by atoms with Gasteiger partial charge in [0.15, 0.2) is 0 Å². The lowest BCUT2D eigenvalue weighted by Crippen LogP contribution is -2.37. The minimum Gasteiger partial charge on any atom is -0.497 e. The van der Waals surface area contributed by atoms with Gasteiger partial charge < -0.3 is 15.0 Å². The molecular formula is C25H21F2N3O4. The van der Waals surface area contributed by atoms with Gasteiger partial charge in [-0.2, -0.15) is 0 Å². The zero-order valence-electron chi connectivity index (χ0n) is 18.2. The van der Waals surface area contributed by atoms with E-state index in [4.69, 9.17) is 4.74 Å². The van der Waals surface area contributed by atoms with Gasteiger partial charge in [-0.1, -0.05) is 12.1 Å². The average molecular weight is 465 g/mol. The second-order valence-electron chi connectivity index (χ2n) is 7.69. The molecule has 4 amide bonds. The van der Waals surface area contributed by atoms with E-state index in [0.717, 1.165) is 17.0 Å². The molecule has 0 aliphatic carbocycles. The first kappa shape index (κ1) is 22.9. The van der Waals surface area contributed by atoms with Crippen LogP contribution in [0.1, 0.15) is 12.0 Å². The zero-order chi connectivity index (χ0) is 24.2. The van der Waals surface area contributed by atoms with Crippen molar-refractivity contribution in [2.45, 2.75) is 19.0 Å². The summed E-state index contributed by atoms with van der Waals surface area (Å²) >= 11 is 0. The van der Waals surface area contributed by atoms with Crippen LogP contribution in [0.3, 0.4) is 0 Å². The number of hydrogen-bond donors (Lipinski definition) is 1. The van der Waals surface area contributed by atoms with Gasteiger partial charge in [-0.25, -0.2) is 18.5 Å². The summed E-state index contributed by atoms with van der Waals surface area (Å²) in [5.74, 6) is -1.50. The van der Waals surface area contributed by atoms with Gasteiger partial charge in [0, 0.05) is 12.2 Å². The van der Waals surface area contributed by atoms with Crippen LogP contribution in [0.15, 0.2) is 72.8 Å². The fourth-order valence-electron chi connectivity index (χ4n) is 3.74. The van der Waals surface area contributed by atoms with Crippen molar-refractivity contribution in [2.75, 3.05) is 17.3 Å². The molecular weight excluding hydrogens is 444 g/mol. The van der Waals surface area contributed by atoms with Gasteiger partial charge in [-0.05, 0) is 66.2 Å². The summed E-state index contributed by atoms with van der Waals surface area (Å²) in [6.07, 6.45) is -0.316. The summed E-state index contributed by atoms with van der Waals surface area (Å²) in [5, 5.41) is 2.70. The van der Waals surface area contributed by atoms with E-state index in [1.54, 1.807) is 30.3 Å². The molecule has 1 aliphatic rings. The van der Waals surface area contributed by atoms with Crippen LogP contribution in [0.2, 0.25) is 0 Å². The average Bonchev–Trinajstić information content (AvgIpc) is 3.04. The number of carbonyl (C=O) groups is 3. The molecule has 4 rings (SSSR count). The largest absolute Gasteiger partial charge is 0.497 e. The maximum atomic E-state index is 13.7. The molecule has 1 aliphatic heterocycles. The molecule has 34 heavy (non-hydrogen) atoms. The van der Waals surface area contributed by atoms with E-state index in [1.807, 2.05) is 0 Å². The summed E-state index contributed by atoms with van der Waals surface area (Å²) in [4.78, 5) is 41.3. The van der Waals surface area contributed by atoms with E-state index >= 15 is 0 Å². The zero-order valence-corrected chi connectivity index (χ0v) is 18.2. The van der Waals surface area contributed by atoms with Gasteiger partial charge >= 0.3 is 6.03 Å². The first-order chi connectivity index (χ1) is 16.4. The van der Waals surface area contributed by atoms with E-state index < -0.39 is 35.5 Å². The highest BCUT2D eigenvalue weighted by Gasteiger charge is 2.46. The van der Waals surface area contributed by atoms with Crippen LogP contribution in [0.4, 0.5) is 25.0 Å². The Labute approximate surface area is 194 Å². The number of halogens is 2. The lowest BCUT2D eigenvalue weighted by molar-refractivity contribution is -0.124. The van der Waals surface area contributed by atoms with Gasteiger partial charge in [0.05, 0.1) is 19.2 Å². The highest BCUT2D eigenvalue weighted by Crippen LogP contribution is 2.29. The Bertz CT molecular complexity index is 1220. The first-order valence-corrected chi connectivity index (χ1v) is 10.4. The maximum Gasteiger partial charge on any atom is 0.332 e. The minimum absolute atomic E-state index is 0.0828. The third-order valence-corrected chi connectivity index (χ3v) is 5.40. The lowest BCUT2D eigenvalue weighted by Gasteiger charge is -2.21. The third kappa shape index (κ3) is 4.88. The monoisotopic (exact) mass is 465 g/mol. The van der Waals surface area contributed by atoms with Crippen LogP contribution in [0, 0.1) is 11.6 Å². The standard InChI is InChI=1S/C25H21F2N3O4/c1-34-21-11-7-19(8-12-21)28-23(31)14-22-24(32)30(20-9-5-17(26)6-10-20)25(33)29(22)15-16-3-2-4-18(27)13-16/h2-13,22H,14-15H2,1H3,(H,28,31). The number of nitrogens with one attached hydrogen (secondary N) is 1.